The highest BCUT2D eigenvalue weighted by molar-refractivity contribution is 6.31. The average Bonchev–Trinajstić information content (AvgIpc) is 2.64. The number of pyridine rings is 1. The molecule has 0 aliphatic heterocycles. The molecule has 0 aliphatic carbocycles. The lowest BCUT2D eigenvalue weighted by Gasteiger charge is -2.08. The van der Waals surface area contributed by atoms with Crippen molar-refractivity contribution in [2.45, 2.75) is 13.5 Å². The second-order valence-electron chi connectivity index (χ2n) is 5.69. The van der Waals surface area contributed by atoms with Gasteiger partial charge in [0, 0.05) is 23.5 Å². The van der Waals surface area contributed by atoms with Crippen molar-refractivity contribution in [2.24, 2.45) is 0 Å². The monoisotopic (exact) mass is 351 g/mol. The first-order valence-corrected chi connectivity index (χ1v) is 8.31. The first-order chi connectivity index (χ1) is 12.1. The Kier molecular flexibility index (Phi) is 5.31. The third-order valence-corrected chi connectivity index (χ3v) is 4.18. The van der Waals surface area contributed by atoms with Crippen LogP contribution in [0.15, 0.2) is 66.9 Å². The van der Waals surface area contributed by atoms with Crippen LogP contribution < -0.4 is 10.6 Å². The van der Waals surface area contributed by atoms with Gasteiger partial charge < -0.3 is 10.6 Å². The number of carbonyl (C=O) groups is 1. The molecule has 25 heavy (non-hydrogen) atoms. The summed E-state index contributed by atoms with van der Waals surface area (Å²) in [6.45, 7) is 2.60. The van der Waals surface area contributed by atoms with Crippen molar-refractivity contribution in [1.29, 1.82) is 0 Å². The van der Waals surface area contributed by atoms with Gasteiger partial charge in [-0.15, -0.1) is 0 Å². The minimum Gasteiger partial charge on any atom is -0.366 e. The van der Waals surface area contributed by atoms with Crippen LogP contribution in [0.1, 0.15) is 21.5 Å². The lowest BCUT2D eigenvalue weighted by molar-refractivity contribution is 0.102. The molecular weight excluding hydrogens is 334 g/mol. The molecule has 5 heteroatoms. The normalized spacial score (nSPS) is 10.3. The smallest absolute Gasteiger partial charge is 0.257 e. The second kappa shape index (κ2) is 7.81. The predicted octanol–water partition coefficient (Wildman–Crippen LogP) is 4.91. The number of benzene rings is 2. The highest BCUT2D eigenvalue weighted by atomic mass is 35.5. The van der Waals surface area contributed by atoms with Gasteiger partial charge in [0.2, 0.25) is 0 Å². The van der Waals surface area contributed by atoms with Crippen LogP contribution in [0.25, 0.3) is 0 Å². The van der Waals surface area contributed by atoms with Crippen LogP contribution in [0.5, 0.6) is 0 Å². The maximum Gasteiger partial charge on any atom is 0.257 e. The van der Waals surface area contributed by atoms with Gasteiger partial charge in [0.15, 0.2) is 0 Å². The van der Waals surface area contributed by atoms with Gasteiger partial charge in [-0.05, 0) is 42.3 Å². The van der Waals surface area contributed by atoms with E-state index in [4.69, 9.17) is 11.6 Å². The molecular formula is C20H18ClN3O. The van der Waals surface area contributed by atoms with E-state index < -0.39 is 0 Å². The molecule has 2 aromatic carbocycles. The van der Waals surface area contributed by atoms with Crippen molar-refractivity contribution in [3.8, 4) is 0 Å². The van der Waals surface area contributed by atoms with E-state index in [0.717, 1.165) is 11.4 Å². The Balaban J connectivity index is 1.61. The molecule has 126 valence electrons. The van der Waals surface area contributed by atoms with E-state index in [1.54, 1.807) is 24.4 Å². The Bertz CT molecular complexity index is 864. The molecule has 2 N–H and O–H groups in total. The van der Waals surface area contributed by atoms with Gasteiger partial charge in [0.25, 0.3) is 5.91 Å². The molecule has 1 amide bonds. The van der Waals surface area contributed by atoms with E-state index >= 15 is 0 Å². The van der Waals surface area contributed by atoms with Gasteiger partial charge in [-0.1, -0.05) is 48.0 Å². The summed E-state index contributed by atoms with van der Waals surface area (Å²) >= 11 is 6.08. The Morgan fingerprint density at radius 3 is 2.56 bits per heavy atom. The van der Waals surface area contributed by atoms with E-state index in [-0.39, 0.29) is 5.91 Å². The quantitative estimate of drug-likeness (QED) is 0.686. The van der Waals surface area contributed by atoms with Crippen LogP contribution in [-0.2, 0) is 6.54 Å². The molecule has 0 radical (unpaired) electrons. The van der Waals surface area contributed by atoms with Crippen LogP contribution in [0, 0.1) is 6.92 Å². The molecule has 0 aliphatic rings. The molecule has 0 spiro atoms. The minimum atomic E-state index is -0.220. The van der Waals surface area contributed by atoms with Crippen molar-refractivity contribution in [3.63, 3.8) is 0 Å². The number of aryl methyl sites for hydroxylation is 1. The van der Waals surface area contributed by atoms with E-state index in [9.17, 15) is 4.79 Å². The van der Waals surface area contributed by atoms with Crippen molar-refractivity contribution >= 4 is 29.0 Å². The number of amides is 1. The number of hydrogen-bond donors (Lipinski definition) is 2. The summed E-state index contributed by atoms with van der Waals surface area (Å²) in [4.78, 5) is 16.6. The molecule has 0 bridgehead atoms. The molecule has 4 nitrogen and oxygen atoms in total. The van der Waals surface area contributed by atoms with Gasteiger partial charge in [-0.3, -0.25) is 4.79 Å². The molecule has 0 atom stereocenters. The zero-order valence-electron chi connectivity index (χ0n) is 13.8. The van der Waals surface area contributed by atoms with Gasteiger partial charge >= 0.3 is 0 Å². The number of carbonyl (C=O) groups excluding carboxylic acids is 1. The molecule has 1 heterocycles. The van der Waals surface area contributed by atoms with Crippen LogP contribution in [0.2, 0.25) is 5.02 Å². The van der Waals surface area contributed by atoms with Gasteiger partial charge in [0.05, 0.1) is 5.56 Å². The average molecular weight is 352 g/mol. The van der Waals surface area contributed by atoms with E-state index in [1.807, 2.05) is 49.4 Å². The summed E-state index contributed by atoms with van der Waals surface area (Å²) in [5.74, 6) is 0.501. The highest BCUT2D eigenvalue weighted by Crippen LogP contribution is 2.20. The number of nitrogens with zero attached hydrogens (tertiary/aromatic N) is 1. The fourth-order valence-electron chi connectivity index (χ4n) is 2.30. The van der Waals surface area contributed by atoms with Gasteiger partial charge in [0.1, 0.15) is 5.82 Å². The number of aromatic nitrogens is 1. The summed E-state index contributed by atoms with van der Waals surface area (Å²) in [6, 6.07) is 19.0. The maximum absolute atomic E-state index is 12.3. The van der Waals surface area contributed by atoms with E-state index in [0.29, 0.717) is 22.8 Å². The summed E-state index contributed by atoms with van der Waals surface area (Å²) in [6.07, 6.45) is 1.55. The van der Waals surface area contributed by atoms with Crippen molar-refractivity contribution in [1.82, 2.24) is 4.98 Å². The number of anilines is 2. The van der Waals surface area contributed by atoms with Gasteiger partial charge in [-0.2, -0.15) is 0 Å². The summed E-state index contributed by atoms with van der Waals surface area (Å²) in [7, 11) is 0. The van der Waals surface area contributed by atoms with E-state index in [1.165, 1.54) is 5.56 Å². The summed E-state index contributed by atoms with van der Waals surface area (Å²) in [5.41, 5.74) is 3.28. The summed E-state index contributed by atoms with van der Waals surface area (Å²) < 4.78 is 0. The first kappa shape index (κ1) is 17.0. The minimum absolute atomic E-state index is 0.220. The van der Waals surface area contributed by atoms with E-state index in [2.05, 4.69) is 15.6 Å². The topological polar surface area (TPSA) is 54.0 Å². The molecule has 0 saturated heterocycles. The van der Waals surface area contributed by atoms with Crippen LogP contribution in [0.4, 0.5) is 11.5 Å². The van der Waals surface area contributed by atoms with Crippen molar-refractivity contribution in [2.75, 3.05) is 10.6 Å². The van der Waals surface area contributed by atoms with Crippen LogP contribution in [0.3, 0.4) is 0 Å². The largest absolute Gasteiger partial charge is 0.366 e. The highest BCUT2D eigenvalue weighted by Gasteiger charge is 2.08. The molecule has 1 aromatic heterocycles. The molecule has 3 rings (SSSR count). The van der Waals surface area contributed by atoms with Crippen molar-refractivity contribution in [3.05, 3.63) is 88.6 Å². The predicted molar refractivity (Wildman–Crippen MR) is 102 cm³/mol. The lowest BCUT2D eigenvalue weighted by Crippen LogP contribution is -2.12. The Hall–Kier alpha value is -2.85. The zero-order valence-corrected chi connectivity index (χ0v) is 14.5. The Morgan fingerprint density at radius 1 is 1.08 bits per heavy atom. The SMILES string of the molecule is Cc1ccc(NC(=O)c2ccc(NCc3ccccc3)nc2)cc1Cl. The number of halogens is 1. The zero-order chi connectivity index (χ0) is 17.6. The van der Waals surface area contributed by atoms with Gasteiger partial charge in [-0.25, -0.2) is 4.98 Å². The van der Waals surface area contributed by atoms with Crippen LogP contribution in [-0.4, -0.2) is 10.9 Å². The number of nitrogens with one attached hydrogen (secondary N) is 2. The third kappa shape index (κ3) is 4.58. The standard InChI is InChI=1S/C20H18ClN3O/c1-14-7-9-17(11-18(14)21)24-20(25)16-8-10-19(23-13-16)22-12-15-5-3-2-4-6-15/h2-11,13H,12H2,1H3,(H,22,23)(H,24,25). The fourth-order valence-corrected chi connectivity index (χ4v) is 2.48. The Labute approximate surface area is 151 Å². The van der Waals surface area contributed by atoms with Crippen molar-refractivity contribution < 1.29 is 4.79 Å². The second-order valence-corrected chi connectivity index (χ2v) is 6.10. The lowest BCUT2D eigenvalue weighted by atomic mass is 10.2. The first-order valence-electron chi connectivity index (χ1n) is 7.93. The number of hydrogen-bond acceptors (Lipinski definition) is 3. The third-order valence-electron chi connectivity index (χ3n) is 3.77. The maximum atomic E-state index is 12.3. The molecule has 0 fully saturated rings. The fraction of sp³-hybridized carbons (Fsp3) is 0.100. The molecule has 0 unspecified atom stereocenters. The summed E-state index contributed by atoms with van der Waals surface area (Å²) in [5, 5.41) is 6.67. The molecule has 3 aromatic rings. The Morgan fingerprint density at radius 2 is 1.88 bits per heavy atom. The number of rotatable bonds is 5. The molecule has 0 saturated carbocycles. The van der Waals surface area contributed by atoms with Crippen LogP contribution >= 0.6 is 11.6 Å².